The van der Waals surface area contributed by atoms with Gasteiger partial charge in [-0.3, -0.25) is 14.7 Å². The number of anilines is 1. The summed E-state index contributed by atoms with van der Waals surface area (Å²) in [7, 11) is 0. The van der Waals surface area contributed by atoms with E-state index >= 15 is 0 Å². The third kappa shape index (κ3) is 3.73. The van der Waals surface area contributed by atoms with Crippen molar-refractivity contribution in [2.75, 3.05) is 18.4 Å². The van der Waals surface area contributed by atoms with Crippen molar-refractivity contribution in [3.8, 4) is 0 Å². The number of hydrogen-bond donors (Lipinski definition) is 3. The highest BCUT2D eigenvalue weighted by Gasteiger charge is 2.28. The maximum absolute atomic E-state index is 12.5. The normalized spacial score (nSPS) is 18.5. The molecule has 3 N–H and O–H groups in total. The zero-order valence-corrected chi connectivity index (χ0v) is 14.1. The third-order valence-electron chi connectivity index (χ3n) is 4.46. The fraction of sp³-hybridized carbons (Fsp3) is 0.471. The zero-order valence-electron chi connectivity index (χ0n) is 14.1. The Kier molecular flexibility index (Phi) is 4.80. The monoisotopic (exact) mass is 329 g/mol. The maximum atomic E-state index is 12.5. The SMILES string of the molecule is Cc1ccc(C)c(NC(=O)CN2CCCC[C@H]2c2n[nH]c(=O)[nH]2)c1. The van der Waals surface area contributed by atoms with E-state index in [0.29, 0.717) is 5.82 Å². The molecular weight excluding hydrogens is 306 g/mol. The molecule has 128 valence electrons. The summed E-state index contributed by atoms with van der Waals surface area (Å²) in [6.45, 7) is 5.09. The predicted octanol–water partition coefficient (Wildman–Crippen LogP) is 1.88. The first-order valence-electron chi connectivity index (χ1n) is 8.28. The van der Waals surface area contributed by atoms with E-state index < -0.39 is 0 Å². The van der Waals surface area contributed by atoms with Gasteiger partial charge in [-0.25, -0.2) is 9.89 Å². The highest BCUT2D eigenvalue weighted by molar-refractivity contribution is 5.93. The van der Waals surface area contributed by atoms with Gasteiger partial charge in [-0.1, -0.05) is 18.6 Å². The summed E-state index contributed by atoms with van der Waals surface area (Å²) in [5.41, 5.74) is 2.69. The summed E-state index contributed by atoms with van der Waals surface area (Å²) in [6.07, 6.45) is 2.99. The fourth-order valence-corrected chi connectivity index (χ4v) is 3.18. The van der Waals surface area contributed by atoms with E-state index in [-0.39, 0.29) is 24.2 Å². The molecule has 1 fully saturated rings. The van der Waals surface area contributed by atoms with Gasteiger partial charge < -0.3 is 5.32 Å². The number of nitrogens with zero attached hydrogens (tertiary/aromatic N) is 2. The summed E-state index contributed by atoms with van der Waals surface area (Å²) in [5, 5.41) is 9.44. The highest BCUT2D eigenvalue weighted by Crippen LogP contribution is 2.28. The van der Waals surface area contributed by atoms with Crippen molar-refractivity contribution in [1.82, 2.24) is 20.1 Å². The van der Waals surface area contributed by atoms with Gasteiger partial charge in [0.1, 0.15) is 5.82 Å². The number of hydrogen-bond acceptors (Lipinski definition) is 4. The number of nitrogens with one attached hydrogen (secondary N) is 3. The number of carbonyl (C=O) groups is 1. The molecule has 2 aromatic rings. The number of likely N-dealkylation sites (tertiary alicyclic amines) is 1. The van der Waals surface area contributed by atoms with Crippen molar-refractivity contribution in [2.24, 2.45) is 0 Å². The molecule has 0 bridgehead atoms. The summed E-state index contributed by atoms with van der Waals surface area (Å²) >= 11 is 0. The van der Waals surface area contributed by atoms with Crippen LogP contribution in [0.5, 0.6) is 0 Å². The Balaban J connectivity index is 1.69. The van der Waals surface area contributed by atoms with Crippen molar-refractivity contribution in [3.05, 3.63) is 45.6 Å². The van der Waals surface area contributed by atoms with Crippen LogP contribution in [0.1, 0.15) is 42.3 Å². The van der Waals surface area contributed by atoms with Crippen molar-refractivity contribution in [1.29, 1.82) is 0 Å². The van der Waals surface area contributed by atoms with Crippen LogP contribution < -0.4 is 11.0 Å². The molecule has 0 spiro atoms. The molecule has 1 aliphatic rings. The fourth-order valence-electron chi connectivity index (χ4n) is 3.18. The van der Waals surface area contributed by atoms with Crippen LogP contribution >= 0.6 is 0 Å². The standard InChI is InChI=1S/C17H23N5O2/c1-11-6-7-12(2)13(9-11)18-15(23)10-22-8-4-3-5-14(22)16-19-17(24)21-20-16/h6-7,9,14H,3-5,8,10H2,1-2H3,(H,18,23)(H2,19,20,21,24)/t14-/m0/s1. The number of aromatic amines is 2. The van der Waals surface area contributed by atoms with E-state index in [2.05, 4.69) is 25.4 Å². The zero-order chi connectivity index (χ0) is 17.1. The van der Waals surface area contributed by atoms with Gasteiger partial charge in [0.15, 0.2) is 0 Å². The summed E-state index contributed by atoms with van der Waals surface area (Å²) in [5.74, 6) is 0.563. The number of carbonyl (C=O) groups excluding carboxylic acids is 1. The molecular formula is C17H23N5O2. The van der Waals surface area contributed by atoms with Gasteiger partial charge >= 0.3 is 5.69 Å². The Labute approximate surface area is 140 Å². The Hall–Kier alpha value is -2.41. The van der Waals surface area contributed by atoms with Gasteiger partial charge in [-0.05, 0) is 50.4 Å². The van der Waals surface area contributed by atoms with E-state index in [4.69, 9.17) is 0 Å². The molecule has 0 saturated carbocycles. The van der Waals surface area contributed by atoms with Crippen molar-refractivity contribution in [3.63, 3.8) is 0 Å². The third-order valence-corrected chi connectivity index (χ3v) is 4.46. The predicted molar refractivity (Wildman–Crippen MR) is 91.9 cm³/mol. The molecule has 1 aromatic heterocycles. The number of rotatable bonds is 4. The van der Waals surface area contributed by atoms with Crippen LogP contribution in [-0.2, 0) is 4.79 Å². The first-order valence-corrected chi connectivity index (χ1v) is 8.28. The topological polar surface area (TPSA) is 93.9 Å². The van der Waals surface area contributed by atoms with E-state index in [0.717, 1.165) is 42.6 Å². The number of amides is 1. The van der Waals surface area contributed by atoms with Crippen molar-refractivity contribution < 1.29 is 4.79 Å². The molecule has 24 heavy (non-hydrogen) atoms. The van der Waals surface area contributed by atoms with E-state index in [1.807, 2.05) is 32.0 Å². The van der Waals surface area contributed by atoms with Gasteiger partial charge in [0, 0.05) is 5.69 Å². The summed E-state index contributed by atoms with van der Waals surface area (Å²) in [4.78, 5) is 28.6. The average molecular weight is 329 g/mol. The first-order chi connectivity index (χ1) is 11.5. The maximum Gasteiger partial charge on any atom is 0.340 e. The molecule has 1 saturated heterocycles. The minimum atomic E-state index is -0.310. The van der Waals surface area contributed by atoms with Crippen LogP contribution in [-0.4, -0.2) is 39.1 Å². The molecule has 3 rings (SSSR count). The molecule has 0 radical (unpaired) electrons. The minimum Gasteiger partial charge on any atom is -0.325 e. The van der Waals surface area contributed by atoms with Gasteiger partial charge in [0.25, 0.3) is 0 Å². The quantitative estimate of drug-likeness (QED) is 0.798. The van der Waals surface area contributed by atoms with Crippen molar-refractivity contribution in [2.45, 2.75) is 39.2 Å². The summed E-state index contributed by atoms with van der Waals surface area (Å²) in [6, 6.07) is 5.98. The largest absolute Gasteiger partial charge is 0.340 e. The van der Waals surface area contributed by atoms with Crippen LogP contribution in [0.15, 0.2) is 23.0 Å². The summed E-state index contributed by atoms with van der Waals surface area (Å²) < 4.78 is 0. The second-order valence-electron chi connectivity index (χ2n) is 6.41. The minimum absolute atomic E-state index is 0.0259. The van der Waals surface area contributed by atoms with E-state index in [1.54, 1.807) is 0 Å². The molecule has 1 atom stereocenters. The smallest absolute Gasteiger partial charge is 0.325 e. The number of piperidine rings is 1. The highest BCUT2D eigenvalue weighted by atomic mass is 16.2. The Morgan fingerprint density at radius 1 is 1.38 bits per heavy atom. The van der Waals surface area contributed by atoms with Crippen LogP contribution in [0.4, 0.5) is 5.69 Å². The van der Waals surface area contributed by atoms with Gasteiger partial charge in [0.2, 0.25) is 5.91 Å². The number of benzene rings is 1. The Morgan fingerprint density at radius 2 is 2.21 bits per heavy atom. The molecule has 0 aliphatic carbocycles. The van der Waals surface area contributed by atoms with Gasteiger partial charge in [-0.15, -0.1) is 0 Å². The molecule has 1 amide bonds. The molecule has 1 aliphatic heterocycles. The van der Waals surface area contributed by atoms with Crippen LogP contribution in [0.25, 0.3) is 0 Å². The van der Waals surface area contributed by atoms with Crippen LogP contribution in [0, 0.1) is 13.8 Å². The van der Waals surface area contributed by atoms with E-state index in [1.165, 1.54) is 0 Å². The molecule has 7 heteroatoms. The second-order valence-corrected chi connectivity index (χ2v) is 6.41. The molecule has 2 heterocycles. The second kappa shape index (κ2) is 7.00. The molecule has 7 nitrogen and oxygen atoms in total. The lowest BCUT2D eigenvalue weighted by molar-refractivity contribution is -0.118. The van der Waals surface area contributed by atoms with Crippen molar-refractivity contribution >= 4 is 11.6 Å². The molecule has 1 aromatic carbocycles. The first kappa shape index (κ1) is 16.4. The van der Waals surface area contributed by atoms with Crippen LogP contribution in [0.2, 0.25) is 0 Å². The van der Waals surface area contributed by atoms with Gasteiger partial charge in [0.05, 0.1) is 12.6 Å². The Morgan fingerprint density at radius 3 is 2.96 bits per heavy atom. The number of H-pyrrole nitrogens is 2. The van der Waals surface area contributed by atoms with E-state index in [9.17, 15) is 9.59 Å². The lowest BCUT2D eigenvalue weighted by Crippen LogP contribution is -2.39. The number of aryl methyl sites for hydroxylation is 2. The average Bonchev–Trinajstić information content (AvgIpc) is 2.98. The van der Waals surface area contributed by atoms with Gasteiger partial charge in [-0.2, -0.15) is 5.10 Å². The Bertz CT molecular complexity index is 779. The molecule has 0 unspecified atom stereocenters. The van der Waals surface area contributed by atoms with Crippen LogP contribution in [0.3, 0.4) is 0 Å². The number of aromatic nitrogens is 3. The lowest BCUT2D eigenvalue weighted by atomic mass is 10.0. The lowest BCUT2D eigenvalue weighted by Gasteiger charge is -2.33.